The summed E-state index contributed by atoms with van der Waals surface area (Å²) in [5.41, 5.74) is 0.955. The van der Waals surface area contributed by atoms with Crippen LogP contribution in [-0.2, 0) is 9.53 Å². The first-order chi connectivity index (χ1) is 6.68. The lowest BCUT2D eigenvalue weighted by molar-refractivity contribution is -0.146. The van der Waals surface area contributed by atoms with Gasteiger partial charge in [0.25, 0.3) is 0 Å². The van der Waals surface area contributed by atoms with Crippen molar-refractivity contribution in [2.24, 2.45) is 5.41 Å². The van der Waals surface area contributed by atoms with Crippen molar-refractivity contribution in [1.82, 2.24) is 0 Å². The van der Waals surface area contributed by atoms with Crippen molar-refractivity contribution < 1.29 is 9.53 Å². The van der Waals surface area contributed by atoms with Gasteiger partial charge in [0.15, 0.2) is 0 Å². The van der Waals surface area contributed by atoms with E-state index in [9.17, 15) is 4.79 Å². The Morgan fingerprint density at radius 3 is 2.64 bits per heavy atom. The first kappa shape index (κ1) is 9.25. The van der Waals surface area contributed by atoms with Crippen molar-refractivity contribution in [3.63, 3.8) is 0 Å². The van der Waals surface area contributed by atoms with Gasteiger partial charge in [0.05, 0.1) is 12.5 Å². The van der Waals surface area contributed by atoms with Crippen LogP contribution in [0, 0.1) is 5.41 Å². The fourth-order valence-corrected chi connectivity index (χ4v) is 1.99. The summed E-state index contributed by atoms with van der Waals surface area (Å²) >= 11 is 0. The van der Waals surface area contributed by atoms with Gasteiger partial charge in [-0.2, -0.15) is 0 Å². The molecule has 14 heavy (non-hydrogen) atoms. The molecular formula is C12H14O2. The highest BCUT2D eigenvalue weighted by atomic mass is 16.5. The van der Waals surface area contributed by atoms with Gasteiger partial charge >= 0.3 is 5.97 Å². The molecule has 0 aromatic heterocycles. The molecule has 0 radical (unpaired) electrons. The fourth-order valence-electron chi connectivity index (χ4n) is 1.99. The molecule has 0 heterocycles. The molecule has 0 spiro atoms. The quantitative estimate of drug-likeness (QED) is 0.669. The molecule has 0 unspecified atom stereocenters. The summed E-state index contributed by atoms with van der Waals surface area (Å²) in [6, 6.07) is 10.1. The van der Waals surface area contributed by atoms with Gasteiger partial charge in [-0.25, -0.2) is 0 Å². The van der Waals surface area contributed by atoms with E-state index in [0.29, 0.717) is 5.92 Å². The second-order valence-corrected chi connectivity index (χ2v) is 4.08. The van der Waals surface area contributed by atoms with Gasteiger partial charge in [0, 0.05) is 5.92 Å². The Labute approximate surface area is 83.9 Å². The SMILES string of the molecule is COC(=O)[C@@]1(C)C[C@H]1c1ccccc1. The molecule has 74 valence electrons. The molecule has 1 aromatic carbocycles. The summed E-state index contributed by atoms with van der Waals surface area (Å²) in [6.45, 7) is 1.97. The van der Waals surface area contributed by atoms with Crippen molar-refractivity contribution in [3.05, 3.63) is 35.9 Å². The van der Waals surface area contributed by atoms with Crippen LogP contribution in [0.25, 0.3) is 0 Å². The zero-order valence-corrected chi connectivity index (χ0v) is 8.49. The number of hydrogen-bond acceptors (Lipinski definition) is 2. The summed E-state index contributed by atoms with van der Waals surface area (Å²) < 4.78 is 4.79. The van der Waals surface area contributed by atoms with Gasteiger partial charge in [-0.15, -0.1) is 0 Å². The van der Waals surface area contributed by atoms with E-state index in [1.54, 1.807) is 0 Å². The Balaban J connectivity index is 2.16. The number of carbonyl (C=O) groups excluding carboxylic acids is 1. The van der Waals surface area contributed by atoms with Crippen LogP contribution in [-0.4, -0.2) is 13.1 Å². The monoisotopic (exact) mass is 190 g/mol. The highest BCUT2D eigenvalue weighted by molar-refractivity contribution is 5.81. The van der Waals surface area contributed by atoms with Gasteiger partial charge in [-0.1, -0.05) is 30.3 Å². The minimum atomic E-state index is -0.282. The predicted molar refractivity (Wildman–Crippen MR) is 53.9 cm³/mol. The molecule has 0 amide bonds. The van der Waals surface area contributed by atoms with Gasteiger partial charge in [-0.05, 0) is 18.9 Å². The smallest absolute Gasteiger partial charge is 0.312 e. The highest BCUT2D eigenvalue weighted by Crippen LogP contribution is 2.59. The highest BCUT2D eigenvalue weighted by Gasteiger charge is 2.57. The zero-order chi connectivity index (χ0) is 10.2. The van der Waals surface area contributed by atoms with Crippen LogP contribution in [0.2, 0.25) is 0 Å². The lowest BCUT2D eigenvalue weighted by Crippen LogP contribution is -2.15. The third-order valence-corrected chi connectivity index (χ3v) is 3.09. The van der Waals surface area contributed by atoms with Crippen molar-refractivity contribution in [3.8, 4) is 0 Å². The molecule has 2 rings (SSSR count). The van der Waals surface area contributed by atoms with Gasteiger partial charge in [0.2, 0.25) is 0 Å². The molecule has 1 aliphatic carbocycles. The number of rotatable bonds is 2. The minimum Gasteiger partial charge on any atom is -0.469 e. The standard InChI is InChI=1S/C12H14O2/c1-12(11(13)14-2)8-10(12)9-6-4-3-5-7-9/h3-7,10H,8H2,1-2H3/t10-,12-/m0/s1. The summed E-state index contributed by atoms with van der Waals surface area (Å²) in [5, 5.41) is 0. The molecule has 2 nitrogen and oxygen atoms in total. The van der Waals surface area contributed by atoms with E-state index < -0.39 is 0 Å². The van der Waals surface area contributed by atoms with E-state index in [1.165, 1.54) is 12.7 Å². The Bertz CT molecular complexity index is 345. The first-order valence-corrected chi connectivity index (χ1v) is 4.82. The van der Waals surface area contributed by atoms with Gasteiger partial charge < -0.3 is 4.74 Å². The van der Waals surface area contributed by atoms with E-state index in [-0.39, 0.29) is 11.4 Å². The third kappa shape index (κ3) is 1.31. The molecule has 2 atom stereocenters. The Kier molecular flexibility index (Phi) is 2.06. The van der Waals surface area contributed by atoms with E-state index in [0.717, 1.165) is 6.42 Å². The lowest BCUT2D eigenvalue weighted by atomic mass is 10.0. The summed E-state index contributed by atoms with van der Waals surface area (Å²) in [7, 11) is 1.45. The van der Waals surface area contributed by atoms with Crippen LogP contribution in [0.5, 0.6) is 0 Å². The second-order valence-electron chi connectivity index (χ2n) is 4.08. The number of benzene rings is 1. The van der Waals surface area contributed by atoms with Crippen LogP contribution in [0.15, 0.2) is 30.3 Å². The van der Waals surface area contributed by atoms with Crippen molar-refractivity contribution in [1.29, 1.82) is 0 Å². The van der Waals surface area contributed by atoms with Crippen LogP contribution in [0.3, 0.4) is 0 Å². The Morgan fingerprint density at radius 2 is 2.07 bits per heavy atom. The average molecular weight is 190 g/mol. The first-order valence-electron chi connectivity index (χ1n) is 4.82. The van der Waals surface area contributed by atoms with Gasteiger partial charge in [0.1, 0.15) is 0 Å². The zero-order valence-electron chi connectivity index (χ0n) is 8.49. The Hall–Kier alpha value is -1.31. The minimum absolute atomic E-state index is 0.0913. The van der Waals surface area contributed by atoms with E-state index in [4.69, 9.17) is 4.74 Å². The number of methoxy groups -OCH3 is 1. The molecular weight excluding hydrogens is 176 g/mol. The molecule has 0 bridgehead atoms. The second kappa shape index (κ2) is 3.12. The van der Waals surface area contributed by atoms with Gasteiger partial charge in [-0.3, -0.25) is 4.79 Å². The molecule has 0 aliphatic heterocycles. The van der Waals surface area contributed by atoms with Crippen LogP contribution in [0.1, 0.15) is 24.8 Å². The van der Waals surface area contributed by atoms with Crippen molar-refractivity contribution >= 4 is 5.97 Å². The number of hydrogen-bond donors (Lipinski definition) is 0. The summed E-state index contributed by atoms with van der Waals surface area (Å²) in [4.78, 5) is 11.5. The molecule has 0 N–H and O–H groups in total. The van der Waals surface area contributed by atoms with E-state index in [1.807, 2.05) is 25.1 Å². The largest absolute Gasteiger partial charge is 0.469 e. The maximum absolute atomic E-state index is 11.5. The summed E-state index contributed by atoms with van der Waals surface area (Å²) in [6.07, 6.45) is 0.906. The van der Waals surface area contributed by atoms with Crippen LogP contribution in [0.4, 0.5) is 0 Å². The normalized spacial score (nSPS) is 29.7. The lowest BCUT2D eigenvalue weighted by Gasteiger charge is -2.08. The number of esters is 1. The third-order valence-electron chi connectivity index (χ3n) is 3.09. The summed E-state index contributed by atoms with van der Waals surface area (Å²) in [5.74, 6) is 0.252. The van der Waals surface area contributed by atoms with E-state index >= 15 is 0 Å². The van der Waals surface area contributed by atoms with Crippen molar-refractivity contribution in [2.75, 3.05) is 7.11 Å². The Morgan fingerprint density at radius 1 is 1.43 bits per heavy atom. The van der Waals surface area contributed by atoms with Crippen molar-refractivity contribution in [2.45, 2.75) is 19.3 Å². The average Bonchev–Trinajstić information content (AvgIpc) is 2.92. The maximum atomic E-state index is 11.5. The molecule has 1 saturated carbocycles. The molecule has 0 saturated heterocycles. The molecule has 1 fully saturated rings. The molecule has 1 aromatic rings. The topological polar surface area (TPSA) is 26.3 Å². The maximum Gasteiger partial charge on any atom is 0.312 e. The predicted octanol–water partition coefficient (Wildman–Crippen LogP) is 2.35. The van der Waals surface area contributed by atoms with Crippen LogP contribution >= 0.6 is 0 Å². The fraction of sp³-hybridized carbons (Fsp3) is 0.417. The van der Waals surface area contributed by atoms with Crippen LogP contribution < -0.4 is 0 Å². The molecule has 2 heteroatoms. The van der Waals surface area contributed by atoms with E-state index in [2.05, 4.69) is 12.1 Å². The number of carbonyl (C=O) groups is 1. The molecule has 1 aliphatic rings. The number of ether oxygens (including phenoxy) is 1.